The summed E-state index contributed by atoms with van der Waals surface area (Å²) in [6.07, 6.45) is 1.74. The molecule has 1 aliphatic rings. The number of hydrogen-bond acceptors (Lipinski definition) is 6. The van der Waals surface area contributed by atoms with Crippen LogP contribution in [0, 0.1) is 0 Å². The fourth-order valence-corrected chi connectivity index (χ4v) is 3.02. The van der Waals surface area contributed by atoms with Gasteiger partial charge in [0.25, 0.3) is 0 Å². The van der Waals surface area contributed by atoms with Gasteiger partial charge in [0.05, 0.1) is 16.9 Å². The first-order chi connectivity index (χ1) is 11.1. The van der Waals surface area contributed by atoms with Crippen LogP contribution in [0.4, 0.5) is 21.3 Å². The van der Waals surface area contributed by atoms with Gasteiger partial charge in [-0.05, 0) is 17.5 Å². The maximum absolute atomic E-state index is 12.2. The normalized spacial score (nSPS) is 14.7. The average molecular weight is 332 g/mol. The second-order valence-corrected chi connectivity index (χ2v) is 6.50. The average Bonchev–Trinajstić information content (AvgIpc) is 3.08. The van der Waals surface area contributed by atoms with E-state index in [1.54, 1.807) is 6.20 Å². The zero-order valence-electron chi connectivity index (χ0n) is 13.3. The third-order valence-electron chi connectivity index (χ3n) is 3.79. The SMILES string of the molecule is CN(C)c1cnnc(N2CCN(C(=O)Nc3cccs3)CC2)c1. The van der Waals surface area contributed by atoms with E-state index in [9.17, 15) is 4.79 Å². The minimum Gasteiger partial charge on any atom is -0.376 e. The lowest BCUT2D eigenvalue weighted by atomic mass is 10.3. The molecule has 2 amide bonds. The van der Waals surface area contributed by atoms with E-state index in [4.69, 9.17) is 0 Å². The summed E-state index contributed by atoms with van der Waals surface area (Å²) < 4.78 is 0. The molecule has 1 N–H and O–H groups in total. The number of piperazine rings is 1. The van der Waals surface area contributed by atoms with Crippen molar-refractivity contribution in [3.63, 3.8) is 0 Å². The molecule has 0 spiro atoms. The van der Waals surface area contributed by atoms with Crippen molar-refractivity contribution >= 4 is 33.9 Å². The van der Waals surface area contributed by atoms with E-state index >= 15 is 0 Å². The predicted molar refractivity (Wildman–Crippen MR) is 93.5 cm³/mol. The molecule has 0 saturated carbocycles. The number of rotatable bonds is 3. The Morgan fingerprint density at radius 1 is 1.30 bits per heavy atom. The second-order valence-electron chi connectivity index (χ2n) is 5.55. The molecule has 7 nitrogen and oxygen atoms in total. The molecule has 3 heterocycles. The van der Waals surface area contributed by atoms with Gasteiger partial charge in [0.15, 0.2) is 5.82 Å². The van der Waals surface area contributed by atoms with Gasteiger partial charge in [-0.2, -0.15) is 5.10 Å². The van der Waals surface area contributed by atoms with E-state index in [1.807, 2.05) is 47.5 Å². The Hall–Kier alpha value is -2.35. The van der Waals surface area contributed by atoms with Crippen LogP contribution in [0.15, 0.2) is 29.8 Å². The number of nitrogens with one attached hydrogen (secondary N) is 1. The molecule has 1 saturated heterocycles. The fraction of sp³-hybridized carbons (Fsp3) is 0.400. The summed E-state index contributed by atoms with van der Waals surface area (Å²) in [5.74, 6) is 0.856. The topological polar surface area (TPSA) is 64.6 Å². The van der Waals surface area contributed by atoms with Crippen LogP contribution in [0.3, 0.4) is 0 Å². The zero-order valence-corrected chi connectivity index (χ0v) is 14.1. The summed E-state index contributed by atoms with van der Waals surface area (Å²) in [6, 6.07) is 5.81. The van der Waals surface area contributed by atoms with Crippen molar-refractivity contribution in [2.24, 2.45) is 0 Å². The van der Waals surface area contributed by atoms with Gasteiger partial charge >= 0.3 is 6.03 Å². The van der Waals surface area contributed by atoms with Crippen molar-refractivity contribution in [2.45, 2.75) is 0 Å². The number of anilines is 3. The highest BCUT2D eigenvalue weighted by molar-refractivity contribution is 7.14. The van der Waals surface area contributed by atoms with Crippen LogP contribution in [0.25, 0.3) is 0 Å². The van der Waals surface area contributed by atoms with Crippen LogP contribution in [0.1, 0.15) is 0 Å². The van der Waals surface area contributed by atoms with Gasteiger partial charge in [0, 0.05) is 46.3 Å². The Morgan fingerprint density at radius 2 is 2.09 bits per heavy atom. The van der Waals surface area contributed by atoms with Gasteiger partial charge in [0.2, 0.25) is 0 Å². The summed E-state index contributed by atoms with van der Waals surface area (Å²) in [7, 11) is 3.96. The number of amides is 2. The number of carbonyl (C=O) groups excluding carboxylic acids is 1. The smallest absolute Gasteiger partial charge is 0.322 e. The van der Waals surface area contributed by atoms with Gasteiger partial charge in [-0.3, -0.25) is 5.32 Å². The fourth-order valence-electron chi connectivity index (χ4n) is 2.42. The number of aromatic nitrogens is 2. The molecule has 2 aromatic heterocycles. The Morgan fingerprint density at radius 3 is 2.74 bits per heavy atom. The molecule has 0 unspecified atom stereocenters. The molecule has 8 heteroatoms. The minimum absolute atomic E-state index is 0.0415. The molecule has 0 radical (unpaired) electrons. The van der Waals surface area contributed by atoms with E-state index in [0.717, 1.165) is 29.6 Å². The molecule has 1 fully saturated rings. The van der Waals surface area contributed by atoms with E-state index < -0.39 is 0 Å². The summed E-state index contributed by atoms with van der Waals surface area (Å²) in [5.41, 5.74) is 1.02. The largest absolute Gasteiger partial charge is 0.376 e. The highest BCUT2D eigenvalue weighted by atomic mass is 32.1. The molecule has 2 aromatic rings. The van der Waals surface area contributed by atoms with Crippen molar-refractivity contribution in [1.29, 1.82) is 0 Å². The van der Waals surface area contributed by atoms with Crippen molar-refractivity contribution in [1.82, 2.24) is 15.1 Å². The van der Waals surface area contributed by atoms with Crippen molar-refractivity contribution < 1.29 is 4.79 Å². The third-order valence-corrected chi connectivity index (χ3v) is 4.57. The highest BCUT2D eigenvalue weighted by Crippen LogP contribution is 2.19. The van der Waals surface area contributed by atoms with Crippen molar-refractivity contribution in [2.75, 3.05) is 55.4 Å². The van der Waals surface area contributed by atoms with Crippen LogP contribution in [0.2, 0.25) is 0 Å². The molecule has 0 atom stereocenters. The van der Waals surface area contributed by atoms with E-state index in [0.29, 0.717) is 13.1 Å². The Balaban J connectivity index is 1.58. The van der Waals surface area contributed by atoms with E-state index in [1.165, 1.54) is 11.3 Å². The summed E-state index contributed by atoms with van der Waals surface area (Å²) in [4.78, 5) is 18.2. The summed E-state index contributed by atoms with van der Waals surface area (Å²) in [6.45, 7) is 2.85. The lowest BCUT2D eigenvalue weighted by Gasteiger charge is -2.35. The highest BCUT2D eigenvalue weighted by Gasteiger charge is 2.22. The molecular formula is C15H20N6OS. The van der Waals surface area contributed by atoms with Gasteiger partial charge in [-0.15, -0.1) is 16.4 Å². The van der Waals surface area contributed by atoms with Crippen LogP contribution in [-0.4, -0.2) is 61.4 Å². The number of nitrogens with zero attached hydrogens (tertiary/aromatic N) is 5. The van der Waals surface area contributed by atoms with Gasteiger partial charge in [-0.25, -0.2) is 4.79 Å². The lowest BCUT2D eigenvalue weighted by molar-refractivity contribution is 0.208. The van der Waals surface area contributed by atoms with Gasteiger partial charge in [0.1, 0.15) is 0 Å². The first-order valence-corrected chi connectivity index (χ1v) is 8.36. The van der Waals surface area contributed by atoms with Crippen LogP contribution in [0.5, 0.6) is 0 Å². The lowest BCUT2D eigenvalue weighted by Crippen LogP contribution is -2.50. The maximum atomic E-state index is 12.2. The molecule has 0 aliphatic carbocycles. The number of carbonyl (C=O) groups is 1. The molecule has 0 aromatic carbocycles. The molecule has 23 heavy (non-hydrogen) atoms. The van der Waals surface area contributed by atoms with Crippen molar-refractivity contribution in [3.05, 3.63) is 29.8 Å². The first-order valence-electron chi connectivity index (χ1n) is 7.48. The Labute approximate surface area is 139 Å². The van der Waals surface area contributed by atoms with Crippen molar-refractivity contribution in [3.8, 4) is 0 Å². The van der Waals surface area contributed by atoms with Gasteiger partial charge in [-0.1, -0.05) is 0 Å². The van der Waals surface area contributed by atoms with Crippen LogP contribution < -0.4 is 15.1 Å². The zero-order chi connectivity index (χ0) is 16.2. The maximum Gasteiger partial charge on any atom is 0.322 e. The minimum atomic E-state index is -0.0415. The Bertz CT molecular complexity index is 652. The third kappa shape index (κ3) is 3.70. The molecular weight excluding hydrogens is 312 g/mol. The number of hydrogen-bond donors (Lipinski definition) is 1. The number of urea groups is 1. The monoisotopic (exact) mass is 332 g/mol. The summed E-state index contributed by atoms with van der Waals surface area (Å²) >= 11 is 1.52. The molecule has 3 rings (SSSR count). The van der Waals surface area contributed by atoms with E-state index in [-0.39, 0.29) is 6.03 Å². The van der Waals surface area contributed by atoms with Crippen LogP contribution in [-0.2, 0) is 0 Å². The molecule has 1 aliphatic heterocycles. The molecule has 0 bridgehead atoms. The quantitative estimate of drug-likeness (QED) is 0.931. The van der Waals surface area contributed by atoms with E-state index in [2.05, 4.69) is 20.4 Å². The summed E-state index contributed by atoms with van der Waals surface area (Å²) in [5, 5.41) is 14.0. The van der Waals surface area contributed by atoms with Crippen LogP contribution >= 0.6 is 11.3 Å². The predicted octanol–water partition coefficient (Wildman–Crippen LogP) is 1.96. The second kappa shape index (κ2) is 6.82. The first kappa shape index (κ1) is 15.5. The molecule has 122 valence electrons. The number of thiophene rings is 1. The Kier molecular flexibility index (Phi) is 4.61. The van der Waals surface area contributed by atoms with Gasteiger partial charge < -0.3 is 14.7 Å². The standard InChI is InChI=1S/C15H20N6OS/c1-19(2)12-10-13(18-16-11-12)20-5-7-21(8-6-20)15(22)17-14-4-3-9-23-14/h3-4,9-11H,5-8H2,1-2H3,(H,17,22).